The van der Waals surface area contributed by atoms with Gasteiger partial charge in [-0.1, -0.05) is 11.6 Å². The molecule has 5 rings (SSSR count). The van der Waals surface area contributed by atoms with E-state index in [1.54, 1.807) is 30.3 Å². The van der Waals surface area contributed by atoms with Crippen LogP contribution in [0.3, 0.4) is 0 Å². The van der Waals surface area contributed by atoms with E-state index in [-0.39, 0.29) is 24.2 Å². The standard InChI is InChI=1S/C29H33ClF3N3O4/c30-20-7-9-21(10-8-20)38-18-25-35-26-23(36(25)17-3-4-19-13-15-34-16-14-19)11-12-24(40-28(37)29(31,32)33)27(26)39-22-5-1-2-6-22/h7-12,19,22,34H,1-6,13-18H2. The quantitative estimate of drug-likeness (QED) is 0.209. The molecule has 2 aliphatic rings. The largest absolute Gasteiger partial charge is 0.491 e. The van der Waals surface area contributed by atoms with Crippen molar-refractivity contribution < 1.29 is 32.2 Å². The molecule has 0 amide bonds. The number of alkyl halides is 3. The summed E-state index contributed by atoms with van der Waals surface area (Å²) in [6.45, 7) is 2.84. The highest BCUT2D eigenvalue weighted by Gasteiger charge is 2.42. The number of carbonyl (C=O) groups excluding carboxylic acids is 1. The Kier molecular flexibility index (Phi) is 9.05. The topological polar surface area (TPSA) is 74.6 Å². The van der Waals surface area contributed by atoms with Crippen LogP contribution in [0.4, 0.5) is 13.2 Å². The normalized spacial score (nSPS) is 16.9. The maximum absolute atomic E-state index is 13.1. The van der Waals surface area contributed by atoms with Crippen LogP contribution in [0.15, 0.2) is 36.4 Å². The van der Waals surface area contributed by atoms with Crippen LogP contribution in [-0.2, 0) is 17.9 Å². The number of piperidine rings is 1. The number of nitrogens with one attached hydrogen (secondary N) is 1. The molecule has 1 aliphatic heterocycles. The first kappa shape index (κ1) is 28.5. The van der Waals surface area contributed by atoms with E-state index in [1.165, 1.54) is 6.07 Å². The highest BCUT2D eigenvalue weighted by Crippen LogP contribution is 2.40. The van der Waals surface area contributed by atoms with Gasteiger partial charge in [0, 0.05) is 11.6 Å². The Morgan fingerprint density at radius 1 is 1.05 bits per heavy atom. The van der Waals surface area contributed by atoms with Crippen molar-refractivity contribution in [3.05, 3.63) is 47.2 Å². The van der Waals surface area contributed by atoms with Crippen LogP contribution in [-0.4, -0.2) is 40.9 Å². The molecule has 0 unspecified atom stereocenters. The Morgan fingerprint density at radius 2 is 1.77 bits per heavy atom. The number of halogens is 4. The van der Waals surface area contributed by atoms with Crippen LogP contribution in [0.1, 0.15) is 57.2 Å². The van der Waals surface area contributed by atoms with E-state index in [0.717, 1.165) is 64.5 Å². The molecule has 0 atom stereocenters. The summed E-state index contributed by atoms with van der Waals surface area (Å²) in [5.74, 6) is -0.654. The fourth-order valence-electron chi connectivity index (χ4n) is 5.47. The molecule has 1 aromatic heterocycles. The number of aromatic nitrogens is 2. The predicted molar refractivity (Wildman–Crippen MR) is 145 cm³/mol. The molecule has 1 saturated carbocycles. The van der Waals surface area contributed by atoms with E-state index in [9.17, 15) is 18.0 Å². The second kappa shape index (κ2) is 12.7. The van der Waals surface area contributed by atoms with E-state index in [0.29, 0.717) is 40.1 Å². The van der Waals surface area contributed by atoms with Gasteiger partial charge < -0.3 is 24.1 Å². The monoisotopic (exact) mass is 579 g/mol. The lowest BCUT2D eigenvalue weighted by Crippen LogP contribution is -2.28. The first-order valence-electron chi connectivity index (χ1n) is 13.8. The van der Waals surface area contributed by atoms with Crippen molar-refractivity contribution in [2.24, 2.45) is 5.92 Å². The van der Waals surface area contributed by atoms with Gasteiger partial charge in [0.25, 0.3) is 0 Å². The molecule has 0 spiro atoms. The number of aryl methyl sites for hydroxylation is 1. The number of carbonyl (C=O) groups is 1. The molecule has 1 aliphatic carbocycles. The first-order chi connectivity index (χ1) is 19.3. The molecular formula is C29H33ClF3N3O4. The van der Waals surface area contributed by atoms with Crippen LogP contribution in [0.5, 0.6) is 17.2 Å². The Morgan fingerprint density at radius 3 is 2.48 bits per heavy atom. The Balaban J connectivity index is 1.48. The molecule has 3 aromatic rings. The molecule has 0 bridgehead atoms. The molecular weight excluding hydrogens is 547 g/mol. The van der Waals surface area contributed by atoms with Crippen LogP contribution in [0.25, 0.3) is 11.0 Å². The second-order valence-electron chi connectivity index (χ2n) is 10.4. The molecule has 7 nitrogen and oxygen atoms in total. The van der Waals surface area contributed by atoms with Gasteiger partial charge in [-0.3, -0.25) is 0 Å². The molecule has 2 fully saturated rings. The Bertz CT molecular complexity index is 1300. The smallest absolute Gasteiger partial charge is 0.486 e. The summed E-state index contributed by atoms with van der Waals surface area (Å²) >= 11 is 6.00. The number of hydrogen-bond acceptors (Lipinski definition) is 6. The lowest BCUT2D eigenvalue weighted by molar-refractivity contribution is -0.189. The van der Waals surface area contributed by atoms with Gasteiger partial charge in [-0.15, -0.1) is 0 Å². The van der Waals surface area contributed by atoms with Crippen LogP contribution in [0, 0.1) is 5.92 Å². The predicted octanol–water partition coefficient (Wildman–Crippen LogP) is 6.84. The number of ether oxygens (including phenoxy) is 3. The van der Waals surface area contributed by atoms with Gasteiger partial charge in [0.1, 0.15) is 23.7 Å². The van der Waals surface area contributed by atoms with Gasteiger partial charge in [0.05, 0.1) is 11.6 Å². The van der Waals surface area contributed by atoms with Crippen LogP contribution in [0.2, 0.25) is 5.02 Å². The first-order valence-corrected chi connectivity index (χ1v) is 14.2. The third kappa shape index (κ3) is 7.01. The summed E-state index contributed by atoms with van der Waals surface area (Å²) in [6, 6.07) is 9.98. The third-order valence-corrected chi connectivity index (χ3v) is 7.82. The molecule has 2 heterocycles. The maximum atomic E-state index is 13.1. The van der Waals surface area contributed by atoms with E-state index in [2.05, 4.69) is 5.32 Å². The SMILES string of the molecule is O=C(Oc1ccc2c(nc(COc3ccc(Cl)cc3)n2CCCC2CCNCC2)c1OC1CCCC1)C(F)(F)F. The van der Waals surface area contributed by atoms with Gasteiger partial charge in [0.15, 0.2) is 11.5 Å². The minimum absolute atomic E-state index is 0.0619. The number of fused-ring (bicyclic) bond motifs is 1. The number of rotatable bonds is 10. The fraction of sp³-hybridized carbons (Fsp3) is 0.517. The molecule has 40 heavy (non-hydrogen) atoms. The van der Waals surface area contributed by atoms with E-state index in [4.69, 9.17) is 30.8 Å². The molecule has 11 heteroatoms. The van der Waals surface area contributed by atoms with Crippen molar-refractivity contribution in [1.29, 1.82) is 0 Å². The lowest BCUT2D eigenvalue weighted by atomic mass is 9.93. The highest BCUT2D eigenvalue weighted by atomic mass is 35.5. The number of nitrogens with zero attached hydrogens (tertiary/aromatic N) is 2. The summed E-state index contributed by atoms with van der Waals surface area (Å²) in [5, 5.41) is 3.98. The lowest BCUT2D eigenvalue weighted by Gasteiger charge is -2.22. The highest BCUT2D eigenvalue weighted by molar-refractivity contribution is 6.30. The van der Waals surface area contributed by atoms with Crippen LogP contribution >= 0.6 is 11.6 Å². The third-order valence-electron chi connectivity index (χ3n) is 7.57. The van der Waals surface area contributed by atoms with Gasteiger partial charge in [-0.25, -0.2) is 9.78 Å². The molecule has 2 aromatic carbocycles. The van der Waals surface area contributed by atoms with Gasteiger partial charge in [-0.2, -0.15) is 13.2 Å². The molecule has 216 valence electrons. The average molecular weight is 580 g/mol. The number of benzene rings is 2. The maximum Gasteiger partial charge on any atom is 0.491 e. The van der Waals surface area contributed by atoms with Gasteiger partial charge in [-0.05, 0) is 107 Å². The minimum atomic E-state index is -5.13. The summed E-state index contributed by atoms with van der Waals surface area (Å²) in [5.41, 5.74) is 1.05. The van der Waals surface area contributed by atoms with Crippen molar-refractivity contribution in [3.63, 3.8) is 0 Å². The summed E-state index contributed by atoms with van der Waals surface area (Å²) in [7, 11) is 0. The van der Waals surface area contributed by atoms with Gasteiger partial charge >= 0.3 is 12.1 Å². The number of imidazole rings is 1. The Labute approximate surface area is 235 Å². The number of hydrogen-bond donors (Lipinski definition) is 1. The summed E-state index contributed by atoms with van der Waals surface area (Å²) in [6.07, 6.45) is 2.40. The summed E-state index contributed by atoms with van der Waals surface area (Å²) in [4.78, 5) is 16.5. The average Bonchev–Trinajstić information content (AvgIpc) is 3.58. The van der Waals surface area contributed by atoms with E-state index >= 15 is 0 Å². The molecule has 1 N–H and O–H groups in total. The van der Waals surface area contributed by atoms with Crippen molar-refractivity contribution in [3.8, 4) is 17.2 Å². The Hall–Kier alpha value is -2.98. The van der Waals surface area contributed by atoms with Crippen LogP contribution < -0.4 is 19.5 Å². The van der Waals surface area contributed by atoms with Gasteiger partial charge in [0.2, 0.25) is 0 Å². The number of esters is 1. The van der Waals surface area contributed by atoms with E-state index < -0.39 is 12.1 Å². The molecule has 1 saturated heterocycles. The molecule has 0 radical (unpaired) electrons. The second-order valence-corrected chi connectivity index (χ2v) is 10.9. The van der Waals surface area contributed by atoms with Crippen molar-refractivity contribution >= 4 is 28.6 Å². The van der Waals surface area contributed by atoms with Crippen molar-refractivity contribution in [2.75, 3.05) is 13.1 Å². The van der Waals surface area contributed by atoms with Crippen molar-refractivity contribution in [2.45, 2.75) is 76.8 Å². The summed E-state index contributed by atoms with van der Waals surface area (Å²) < 4.78 is 58.2. The zero-order chi connectivity index (χ0) is 28.1. The zero-order valence-electron chi connectivity index (χ0n) is 22.1. The van der Waals surface area contributed by atoms with Crippen molar-refractivity contribution in [1.82, 2.24) is 14.9 Å². The zero-order valence-corrected chi connectivity index (χ0v) is 22.9. The fourth-order valence-corrected chi connectivity index (χ4v) is 5.59. The van der Waals surface area contributed by atoms with E-state index in [1.807, 2.05) is 4.57 Å². The minimum Gasteiger partial charge on any atom is -0.486 e.